The van der Waals surface area contributed by atoms with Crippen LogP contribution in [0.4, 0.5) is 0 Å². The molecule has 1 atom stereocenters. The minimum Gasteiger partial charge on any atom is -0.375 e. The molecule has 68 valence electrons. The van der Waals surface area contributed by atoms with Crippen LogP contribution in [0.1, 0.15) is 39.0 Å². The Morgan fingerprint density at radius 3 is 2.67 bits per heavy atom. The van der Waals surface area contributed by atoms with Crippen LogP contribution in [0, 0.1) is 5.92 Å². The van der Waals surface area contributed by atoms with Crippen LogP contribution >= 0.6 is 0 Å². The van der Waals surface area contributed by atoms with Gasteiger partial charge in [-0.15, -0.1) is 0 Å². The zero-order chi connectivity index (χ0) is 8.39. The molecule has 0 saturated carbocycles. The third kappa shape index (κ3) is 1.65. The maximum Gasteiger partial charge on any atom is 0.0175 e. The Hall–Kier alpha value is -0.460. The zero-order valence-corrected chi connectivity index (χ0v) is 8.05. The molecule has 0 N–H and O–H groups in total. The van der Waals surface area contributed by atoms with Crippen LogP contribution in [-0.2, 0) is 0 Å². The fourth-order valence-corrected chi connectivity index (χ4v) is 2.24. The molecule has 0 spiro atoms. The molecule has 0 radical (unpaired) electrons. The molecule has 1 aliphatic carbocycles. The molecule has 0 aromatic heterocycles. The van der Waals surface area contributed by atoms with Gasteiger partial charge in [-0.3, -0.25) is 0 Å². The van der Waals surface area contributed by atoms with Gasteiger partial charge in [0.05, 0.1) is 0 Å². The van der Waals surface area contributed by atoms with Gasteiger partial charge < -0.3 is 4.90 Å². The summed E-state index contributed by atoms with van der Waals surface area (Å²) in [6.45, 7) is 5.00. The average Bonchev–Trinajstić information content (AvgIpc) is 2.58. The van der Waals surface area contributed by atoms with Crippen molar-refractivity contribution in [2.24, 2.45) is 5.92 Å². The third-order valence-corrected chi connectivity index (χ3v) is 3.16. The molecule has 0 aromatic rings. The van der Waals surface area contributed by atoms with Gasteiger partial charge in [0.25, 0.3) is 0 Å². The zero-order valence-electron chi connectivity index (χ0n) is 8.05. The van der Waals surface area contributed by atoms with E-state index in [2.05, 4.69) is 17.9 Å². The summed E-state index contributed by atoms with van der Waals surface area (Å²) in [5.41, 5.74) is 1.64. The monoisotopic (exact) mass is 165 g/mol. The van der Waals surface area contributed by atoms with Crippen LogP contribution in [0.5, 0.6) is 0 Å². The van der Waals surface area contributed by atoms with Gasteiger partial charge in [0.2, 0.25) is 0 Å². The molecule has 1 fully saturated rings. The molecule has 2 rings (SSSR count). The smallest absolute Gasteiger partial charge is 0.0175 e. The van der Waals surface area contributed by atoms with E-state index in [1.807, 2.05) is 0 Å². The Labute approximate surface area is 75.4 Å². The lowest BCUT2D eigenvalue weighted by Crippen LogP contribution is -2.21. The van der Waals surface area contributed by atoms with Crippen molar-refractivity contribution in [3.8, 4) is 0 Å². The fourth-order valence-electron chi connectivity index (χ4n) is 2.24. The quantitative estimate of drug-likeness (QED) is 0.577. The highest BCUT2D eigenvalue weighted by molar-refractivity contribution is 5.06. The van der Waals surface area contributed by atoms with E-state index in [1.54, 1.807) is 5.70 Å². The van der Waals surface area contributed by atoms with Gasteiger partial charge in [-0.2, -0.15) is 0 Å². The molecule has 2 aliphatic rings. The first-order valence-corrected chi connectivity index (χ1v) is 5.30. The SMILES string of the molecule is C[C@H]1CC=C(N2CCCC2)CC1. The Bertz CT molecular complexity index is 177. The lowest BCUT2D eigenvalue weighted by molar-refractivity contribution is 0.369. The summed E-state index contributed by atoms with van der Waals surface area (Å²) < 4.78 is 0. The first kappa shape index (κ1) is 8.15. The van der Waals surface area contributed by atoms with Gasteiger partial charge in [0.15, 0.2) is 0 Å². The second-order valence-corrected chi connectivity index (χ2v) is 4.27. The Morgan fingerprint density at radius 1 is 1.33 bits per heavy atom. The number of likely N-dealkylation sites (tertiary alicyclic amines) is 1. The van der Waals surface area contributed by atoms with Crippen LogP contribution in [0.2, 0.25) is 0 Å². The van der Waals surface area contributed by atoms with Gasteiger partial charge >= 0.3 is 0 Å². The summed E-state index contributed by atoms with van der Waals surface area (Å²) in [6, 6.07) is 0. The largest absolute Gasteiger partial charge is 0.375 e. The van der Waals surface area contributed by atoms with Gasteiger partial charge in [0, 0.05) is 18.8 Å². The molecule has 1 nitrogen and oxygen atoms in total. The topological polar surface area (TPSA) is 3.24 Å². The van der Waals surface area contributed by atoms with Gasteiger partial charge in [0.1, 0.15) is 0 Å². The number of nitrogens with zero attached hydrogens (tertiary/aromatic N) is 1. The second kappa shape index (κ2) is 3.51. The maximum atomic E-state index is 2.59. The Balaban J connectivity index is 1.94. The molecule has 0 amide bonds. The molecule has 0 unspecified atom stereocenters. The van der Waals surface area contributed by atoms with Crippen molar-refractivity contribution in [2.75, 3.05) is 13.1 Å². The fraction of sp³-hybridized carbons (Fsp3) is 0.818. The molecular weight excluding hydrogens is 146 g/mol. The summed E-state index contributed by atoms with van der Waals surface area (Å²) in [4.78, 5) is 2.59. The molecular formula is C11H19N. The molecule has 12 heavy (non-hydrogen) atoms. The molecule has 0 bridgehead atoms. The summed E-state index contributed by atoms with van der Waals surface area (Å²) in [5, 5.41) is 0. The molecule has 1 heteroatoms. The lowest BCUT2D eigenvalue weighted by Gasteiger charge is -2.26. The van der Waals surface area contributed by atoms with Crippen LogP contribution in [0.25, 0.3) is 0 Å². The van der Waals surface area contributed by atoms with Crippen LogP contribution in [-0.4, -0.2) is 18.0 Å². The van der Waals surface area contributed by atoms with Crippen molar-refractivity contribution in [3.05, 3.63) is 11.8 Å². The van der Waals surface area contributed by atoms with Crippen molar-refractivity contribution in [1.82, 2.24) is 4.90 Å². The van der Waals surface area contributed by atoms with Crippen LogP contribution in [0.3, 0.4) is 0 Å². The second-order valence-electron chi connectivity index (χ2n) is 4.27. The maximum absolute atomic E-state index is 2.59. The van der Waals surface area contributed by atoms with E-state index in [0.717, 1.165) is 5.92 Å². The summed E-state index contributed by atoms with van der Waals surface area (Å²) >= 11 is 0. The van der Waals surface area contributed by atoms with E-state index in [1.165, 1.54) is 45.2 Å². The van der Waals surface area contributed by atoms with E-state index in [0.29, 0.717) is 0 Å². The van der Waals surface area contributed by atoms with Crippen molar-refractivity contribution in [2.45, 2.75) is 39.0 Å². The Kier molecular flexibility index (Phi) is 2.38. The van der Waals surface area contributed by atoms with E-state index in [9.17, 15) is 0 Å². The van der Waals surface area contributed by atoms with Crippen LogP contribution < -0.4 is 0 Å². The molecule has 0 aromatic carbocycles. The van der Waals surface area contributed by atoms with Gasteiger partial charge in [-0.25, -0.2) is 0 Å². The first-order valence-electron chi connectivity index (χ1n) is 5.30. The first-order chi connectivity index (χ1) is 5.86. The minimum atomic E-state index is 0.927. The number of hydrogen-bond acceptors (Lipinski definition) is 1. The van der Waals surface area contributed by atoms with Gasteiger partial charge in [-0.1, -0.05) is 13.0 Å². The lowest BCUT2D eigenvalue weighted by atomic mass is 9.94. The molecule has 1 aliphatic heterocycles. The number of rotatable bonds is 1. The predicted molar refractivity (Wildman–Crippen MR) is 51.9 cm³/mol. The average molecular weight is 165 g/mol. The molecule has 1 heterocycles. The Morgan fingerprint density at radius 2 is 2.08 bits per heavy atom. The third-order valence-electron chi connectivity index (χ3n) is 3.16. The summed E-state index contributed by atoms with van der Waals surface area (Å²) in [7, 11) is 0. The van der Waals surface area contributed by atoms with E-state index < -0.39 is 0 Å². The standard InChI is InChI=1S/C11H19N/c1-10-4-6-11(7-5-10)12-8-2-3-9-12/h6,10H,2-5,7-9H2,1H3/t10-/m0/s1. The highest BCUT2D eigenvalue weighted by Crippen LogP contribution is 2.27. The van der Waals surface area contributed by atoms with Crippen molar-refractivity contribution in [3.63, 3.8) is 0 Å². The molecule has 1 saturated heterocycles. The van der Waals surface area contributed by atoms with Crippen molar-refractivity contribution in [1.29, 1.82) is 0 Å². The van der Waals surface area contributed by atoms with Gasteiger partial charge in [-0.05, 0) is 38.0 Å². The highest BCUT2D eigenvalue weighted by Gasteiger charge is 2.17. The predicted octanol–water partition coefficient (Wildman–Crippen LogP) is 2.79. The summed E-state index contributed by atoms with van der Waals surface area (Å²) in [5.74, 6) is 0.927. The van der Waals surface area contributed by atoms with E-state index in [-0.39, 0.29) is 0 Å². The van der Waals surface area contributed by atoms with Crippen LogP contribution in [0.15, 0.2) is 11.8 Å². The summed E-state index contributed by atoms with van der Waals surface area (Å²) in [6.07, 6.45) is 9.34. The number of allylic oxidation sites excluding steroid dienone is 2. The normalized spacial score (nSPS) is 30.6. The number of hydrogen-bond donors (Lipinski definition) is 0. The minimum absolute atomic E-state index is 0.927. The van der Waals surface area contributed by atoms with Crippen molar-refractivity contribution >= 4 is 0 Å². The van der Waals surface area contributed by atoms with E-state index >= 15 is 0 Å². The van der Waals surface area contributed by atoms with E-state index in [4.69, 9.17) is 0 Å². The highest BCUT2D eigenvalue weighted by atomic mass is 15.1. The van der Waals surface area contributed by atoms with Crippen molar-refractivity contribution < 1.29 is 0 Å².